The van der Waals surface area contributed by atoms with Crippen LogP contribution in [0.1, 0.15) is 31.7 Å². The van der Waals surface area contributed by atoms with Crippen LogP contribution in [-0.4, -0.2) is 66.3 Å². The lowest BCUT2D eigenvalue weighted by molar-refractivity contribution is -0.142. The Morgan fingerprint density at radius 3 is 2.54 bits per heavy atom. The SMILES string of the molecule is CC(=O)[C@@H]1CN(C(=O)Oc2ccccc2C)CCN1C(=O)CC1CCNCC1. The second kappa shape index (κ2) is 9.19. The van der Waals surface area contributed by atoms with E-state index in [2.05, 4.69) is 5.32 Å². The smallest absolute Gasteiger partial charge is 0.410 e. The van der Waals surface area contributed by atoms with Crippen LogP contribution in [0.25, 0.3) is 0 Å². The molecule has 1 aromatic carbocycles. The summed E-state index contributed by atoms with van der Waals surface area (Å²) in [4.78, 5) is 40.8. The molecule has 0 aliphatic carbocycles. The fourth-order valence-electron chi connectivity index (χ4n) is 3.87. The summed E-state index contributed by atoms with van der Waals surface area (Å²) in [6.45, 7) is 6.13. The maximum Gasteiger partial charge on any atom is 0.415 e. The molecule has 2 aliphatic heterocycles. The first-order valence-corrected chi connectivity index (χ1v) is 9.98. The fraction of sp³-hybridized carbons (Fsp3) is 0.571. The number of piperazine rings is 1. The van der Waals surface area contributed by atoms with Gasteiger partial charge >= 0.3 is 6.09 Å². The number of carbonyl (C=O) groups is 3. The van der Waals surface area contributed by atoms with Crippen molar-refractivity contribution in [3.63, 3.8) is 0 Å². The van der Waals surface area contributed by atoms with Crippen LogP contribution >= 0.6 is 0 Å². The van der Waals surface area contributed by atoms with Gasteiger partial charge in [-0.2, -0.15) is 0 Å². The van der Waals surface area contributed by atoms with Crippen LogP contribution in [-0.2, 0) is 9.59 Å². The van der Waals surface area contributed by atoms with Gasteiger partial charge in [0, 0.05) is 19.5 Å². The minimum Gasteiger partial charge on any atom is -0.410 e. The van der Waals surface area contributed by atoms with Crippen LogP contribution in [0.15, 0.2) is 24.3 Å². The number of benzene rings is 1. The molecule has 0 aromatic heterocycles. The molecule has 2 saturated heterocycles. The lowest BCUT2D eigenvalue weighted by Gasteiger charge is -2.40. The van der Waals surface area contributed by atoms with E-state index in [1.54, 1.807) is 11.0 Å². The summed E-state index contributed by atoms with van der Waals surface area (Å²) in [7, 11) is 0. The van der Waals surface area contributed by atoms with Crippen molar-refractivity contribution in [2.45, 2.75) is 39.2 Å². The number of carbonyl (C=O) groups excluding carboxylic acids is 3. The summed E-state index contributed by atoms with van der Waals surface area (Å²) < 4.78 is 5.50. The molecule has 0 saturated carbocycles. The Balaban J connectivity index is 1.61. The van der Waals surface area contributed by atoms with Gasteiger partial charge < -0.3 is 19.9 Å². The van der Waals surface area contributed by atoms with E-state index in [0.717, 1.165) is 31.5 Å². The van der Waals surface area contributed by atoms with Crippen LogP contribution in [0.3, 0.4) is 0 Å². The molecule has 0 radical (unpaired) electrons. The third kappa shape index (κ3) is 4.90. The number of piperidine rings is 1. The zero-order chi connectivity index (χ0) is 20.1. The molecule has 3 rings (SSSR count). The van der Waals surface area contributed by atoms with Crippen LogP contribution in [0.5, 0.6) is 5.75 Å². The molecule has 1 atom stereocenters. The van der Waals surface area contributed by atoms with Crippen molar-refractivity contribution in [3.8, 4) is 5.75 Å². The van der Waals surface area contributed by atoms with E-state index < -0.39 is 12.1 Å². The molecule has 7 heteroatoms. The predicted octanol–water partition coefficient (Wildman–Crippen LogP) is 1.99. The van der Waals surface area contributed by atoms with E-state index in [-0.39, 0.29) is 18.2 Å². The quantitative estimate of drug-likeness (QED) is 0.855. The minimum atomic E-state index is -0.604. The number of hydrogen-bond donors (Lipinski definition) is 1. The van der Waals surface area contributed by atoms with Crippen molar-refractivity contribution >= 4 is 17.8 Å². The first-order chi connectivity index (χ1) is 13.5. The summed E-state index contributed by atoms with van der Waals surface area (Å²) in [6, 6.07) is 6.70. The van der Waals surface area contributed by atoms with Crippen molar-refractivity contribution in [2.75, 3.05) is 32.7 Å². The lowest BCUT2D eigenvalue weighted by Crippen LogP contribution is -2.59. The number of para-hydroxylation sites is 1. The molecule has 2 aliphatic rings. The Morgan fingerprint density at radius 1 is 1.14 bits per heavy atom. The van der Waals surface area contributed by atoms with Crippen molar-refractivity contribution in [1.82, 2.24) is 15.1 Å². The number of nitrogens with one attached hydrogen (secondary N) is 1. The largest absolute Gasteiger partial charge is 0.415 e. The van der Waals surface area contributed by atoms with Crippen molar-refractivity contribution in [3.05, 3.63) is 29.8 Å². The maximum atomic E-state index is 12.8. The number of aryl methyl sites for hydroxylation is 1. The zero-order valence-electron chi connectivity index (χ0n) is 16.6. The molecule has 0 unspecified atom stereocenters. The third-order valence-corrected chi connectivity index (χ3v) is 5.64. The third-order valence-electron chi connectivity index (χ3n) is 5.64. The van der Waals surface area contributed by atoms with Crippen LogP contribution < -0.4 is 10.1 Å². The Labute approximate surface area is 166 Å². The van der Waals surface area contributed by atoms with E-state index in [0.29, 0.717) is 31.2 Å². The minimum absolute atomic E-state index is 0.0130. The van der Waals surface area contributed by atoms with E-state index >= 15 is 0 Å². The molecule has 1 N–H and O–H groups in total. The van der Waals surface area contributed by atoms with Crippen molar-refractivity contribution in [1.29, 1.82) is 0 Å². The highest BCUT2D eigenvalue weighted by molar-refractivity contribution is 5.88. The average Bonchev–Trinajstić information content (AvgIpc) is 2.70. The van der Waals surface area contributed by atoms with E-state index in [4.69, 9.17) is 4.74 Å². The van der Waals surface area contributed by atoms with Crippen molar-refractivity contribution in [2.24, 2.45) is 5.92 Å². The Hall–Kier alpha value is -2.41. The Kier molecular flexibility index (Phi) is 6.67. The van der Waals surface area contributed by atoms with E-state index in [9.17, 15) is 14.4 Å². The van der Waals surface area contributed by atoms with Gasteiger partial charge in [-0.3, -0.25) is 9.59 Å². The summed E-state index contributed by atoms with van der Waals surface area (Å²) in [5, 5.41) is 3.30. The average molecular weight is 387 g/mol. The number of amides is 2. The molecular weight excluding hydrogens is 358 g/mol. The molecule has 2 fully saturated rings. The second-order valence-corrected chi connectivity index (χ2v) is 7.69. The first kappa shape index (κ1) is 20.3. The van der Waals surface area contributed by atoms with Gasteiger partial charge in [0.25, 0.3) is 0 Å². The van der Waals surface area contributed by atoms with Crippen LogP contribution in [0.2, 0.25) is 0 Å². The molecule has 2 heterocycles. The maximum absolute atomic E-state index is 12.8. The molecule has 152 valence electrons. The van der Waals surface area contributed by atoms with Crippen LogP contribution in [0.4, 0.5) is 4.79 Å². The highest BCUT2D eigenvalue weighted by atomic mass is 16.6. The normalized spacial score (nSPS) is 20.7. The highest BCUT2D eigenvalue weighted by Crippen LogP contribution is 2.22. The topological polar surface area (TPSA) is 79.0 Å². The number of rotatable bonds is 4. The molecule has 7 nitrogen and oxygen atoms in total. The standard InChI is InChI=1S/C21H29N3O4/c1-15-5-3-4-6-19(15)28-21(27)23-11-12-24(18(14-23)16(2)25)20(26)13-17-7-9-22-10-8-17/h3-6,17-18,22H,7-14H2,1-2H3/t18-/m0/s1. The number of nitrogens with zero attached hydrogens (tertiary/aromatic N) is 2. The van der Waals surface area contributed by atoms with Gasteiger partial charge in [0.05, 0.1) is 6.54 Å². The second-order valence-electron chi connectivity index (χ2n) is 7.69. The number of ketones is 1. The molecule has 1 aromatic rings. The van der Waals surface area contributed by atoms with Gasteiger partial charge in [-0.1, -0.05) is 18.2 Å². The van der Waals surface area contributed by atoms with Gasteiger partial charge in [-0.15, -0.1) is 0 Å². The monoisotopic (exact) mass is 387 g/mol. The lowest BCUT2D eigenvalue weighted by atomic mass is 9.93. The molecule has 2 amide bonds. The Bertz CT molecular complexity index is 730. The number of hydrogen-bond acceptors (Lipinski definition) is 5. The van der Waals surface area contributed by atoms with Crippen molar-refractivity contribution < 1.29 is 19.1 Å². The van der Waals surface area contributed by atoms with Gasteiger partial charge in [0.15, 0.2) is 5.78 Å². The summed E-state index contributed by atoms with van der Waals surface area (Å²) in [6.07, 6.45) is 1.96. The molecule has 0 spiro atoms. The molecular formula is C21H29N3O4. The first-order valence-electron chi connectivity index (χ1n) is 9.98. The number of ether oxygens (including phenoxy) is 1. The highest BCUT2D eigenvalue weighted by Gasteiger charge is 2.36. The van der Waals surface area contributed by atoms with E-state index in [1.807, 2.05) is 25.1 Å². The summed E-state index contributed by atoms with van der Waals surface area (Å²) >= 11 is 0. The van der Waals surface area contributed by atoms with Gasteiger partial charge in [-0.25, -0.2) is 4.79 Å². The summed E-state index contributed by atoms with van der Waals surface area (Å²) in [5.74, 6) is 0.785. The number of Topliss-reactive ketones (excluding diaryl/α,β-unsaturated/α-hetero) is 1. The molecule has 0 bridgehead atoms. The Morgan fingerprint density at radius 2 is 1.86 bits per heavy atom. The van der Waals surface area contributed by atoms with Crippen LogP contribution in [0, 0.1) is 12.8 Å². The molecule has 28 heavy (non-hydrogen) atoms. The van der Waals surface area contributed by atoms with E-state index in [1.165, 1.54) is 11.8 Å². The van der Waals surface area contributed by atoms with Gasteiger partial charge in [0.2, 0.25) is 5.91 Å². The summed E-state index contributed by atoms with van der Waals surface area (Å²) in [5.41, 5.74) is 0.870. The van der Waals surface area contributed by atoms with Gasteiger partial charge in [-0.05, 0) is 57.3 Å². The predicted molar refractivity (Wildman–Crippen MR) is 105 cm³/mol. The zero-order valence-corrected chi connectivity index (χ0v) is 16.6. The van der Waals surface area contributed by atoms with Gasteiger partial charge in [0.1, 0.15) is 11.8 Å². The fourth-order valence-corrected chi connectivity index (χ4v) is 3.87.